The molecule has 0 aliphatic carbocycles. The third kappa shape index (κ3) is 2.93. The van der Waals surface area contributed by atoms with Crippen LogP contribution < -0.4 is 0 Å². The Morgan fingerprint density at radius 2 is 2.00 bits per heavy atom. The Labute approximate surface area is 96.9 Å². The third-order valence-corrected chi connectivity index (χ3v) is 2.86. The van der Waals surface area contributed by atoms with Gasteiger partial charge in [-0.25, -0.2) is 0 Å². The maximum atomic E-state index is 11.8. The van der Waals surface area contributed by atoms with E-state index in [2.05, 4.69) is 0 Å². The minimum Gasteiger partial charge on any atom is -0.298 e. The highest BCUT2D eigenvalue weighted by Gasteiger charge is 2.26. The summed E-state index contributed by atoms with van der Waals surface area (Å²) in [4.78, 5) is 11.8. The molecule has 1 rings (SSSR count). The lowest BCUT2D eigenvalue weighted by Gasteiger charge is -2.13. The van der Waals surface area contributed by atoms with Crippen LogP contribution in [0.5, 0.6) is 0 Å². The molecule has 0 unspecified atom stereocenters. The first kappa shape index (κ1) is 12.4. The Hall–Kier alpha value is -1.62. The van der Waals surface area contributed by atoms with Crippen molar-refractivity contribution in [3.05, 3.63) is 35.4 Å². The van der Waals surface area contributed by atoms with Gasteiger partial charge in [-0.2, -0.15) is 5.26 Å². The lowest BCUT2D eigenvalue weighted by Crippen LogP contribution is -2.22. The molecule has 0 saturated heterocycles. The van der Waals surface area contributed by atoms with Crippen molar-refractivity contribution in [2.75, 3.05) is 0 Å². The van der Waals surface area contributed by atoms with E-state index in [-0.39, 0.29) is 5.78 Å². The van der Waals surface area contributed by atoms with Crippen molar-refractivity contribution in [1.82, 2.24) is 0 Å². The standard InChI is InChI=1S/C14H17NO/c1-11-6-4-5-7-12(11)8-9-13(16)14(2,3)10-15/h4-7H,8-9H2,1-3H3. The second-order valence-electron chi connectivity index (χ2n) is 4.59. The Bertz CT molecular complexity index is 427. The quantitative estimate of drug-likeness (QED) is 0.774. The molecule has 0 aliphatic rings. The summed E-state index contributed by atoms with van der Waals surface area (Å²) >= 11 is 0. The molecule has 0 aliphatic heterocycles. The van der Waals surface area contributed by atoms with Crippen LogP contribution >= 0.6 is 0 Å². The van der Waals surface area contributed by atoms with Crippen LogP contribution in [0.4, 0.5) is 0 Å². The Balaban J connectivity index is 2.64. The van der Waals surface area contributed by atoms with E-state index >= 15 is 0 Å². The lowest BCUT2D eigenvalue weighted by atomic mass is 9.86. The van der Waals surface area contributed by atoms with E-state index in [1.807, 2.05) is 37.3 Å². The van der Waals surface area contributed by atoms with Gasteiger partial charge < -0.3 is 0 Å². The van der Waals surface area contributed by atoms with Crippen LogP contribution in [0.2, 0.25) is 0 Å². The smallest absolute Gasteiger partial charge is 0.152 e. The first-order chi connectivity index (χ1) is 7.47. The molecule has 0 spiro atoms. The van der Waals surface area contributed by atoms with Crippen molar-refractivity contribution in [3.63, 3.8) is 0 Å². The summed E-state index contributed by atoms with van der Waals surface area (Å²) in [7, 11) is 0. The average Bonchev–Trinajstić information content (AvgIpc) is 2.27. The van der Waals surface area contributed by atoms with Crippen molar-refractivity contribution in [3.8, 4) is 6.07 Å². The van der Waals surface area contributed by atoms with Crippen molar-refractivity contribution >= 4 is 5.78 Å². The highest BCUT2D eigenvalue weighted by atomic mass is 16.1. The third-order valence-electron chi connectivity index (χ3n) is 2.86. The van der Waals surface area contributed by atoms with E-state index in [4.69, 9.17) is 5.26 Å². The van der Waals surface area contributed by atoms with Crippen LogP contribution in [0.15, 0.2) is 24.3 Å². The SMILES string of the molecule is Cc1ccccc1CCC(=O)C(C)(C)C#N. The van der Waals surface area contributed by atoms with Gasteiger partial charge in [0.25, 0.3) is 0 Å². The largest absolute Gasteiger partial charge is 0.298 e. The molecule has 0 amide bonds. The second kappa shape index (κ2) is 4.94. The van der Waals surface area contributed by atoms with Gasteiger partial charge in [-0.05, 0) is 38.3 Å². The summed E-state index contributed by atoms with van der Waals surface area (Å²) < 4.78 is 0. The molecule has 0 heterocycles. The Kier molecular flexibility index (Phi) is 3.84. The average molecular weight is 215 g/mol. The second-order valence-corrected chi connectivity index (χ2v) is 4.59. The van der Waals surface area contributed by atoms with Gasteiger partial charge in [0.05, 0.1) is 6.07 Å². The minimum atomic E-state index is -0.858. The molecule has 1 aromatic carbocycles. The molecule has 0 bridgehead atoms. The van der Waals surface area contributed by atoms with E-state index in [9.17, 15) is 4.79 Å². The number of rotatable bonds is 4. The number of hydrogen-bond acceptors (Lipinski definition) is 2. The number of hydrogen-bond donors (Lipinski definition) is 0. The van der Waals surface area contributed by atoms with Gasteiger partial charge >= 0.3 is 0 Å². The van der Waals surface area contributed by atoms with Crippen molar-refractivity contribution in [2.45, 2.75) is 33.6 Å². The zero-order valence-corrected chi connectivity index (χ0v) is 10.1. The van der Waals surface area contributed by atoms with E-state index in [0.29, 0.717) is 6.42 Å². The molecule has 2 nitrogen and oxygen atoms in total. The lowest BCUT2D eigenvalue weighted by molar-refractivity contribution is -0.124. The normalized spacial score (nSPS) is 10.9. The van der Waals surface area contributed by atoms with Crippen molar-refractivity contribution in [2.24, 2.45) is 5.41 Å². The van der Waals surface area contributed by atoms with E-state index in [1.165, 1.54) is 11.1 Å². The number of benzene rings is 1. The van der Waals surface area contributed by atoms with Crippen LogP contribution in [0.3, 0.4) is 0 Å². The molecule has 0 atom stereocenters. The topological polar surface area (TPSA) is 40.9 Å². The molecule has 0 aromatic heterocycles. The number of nitrogens with zero attached hydrogens (tertiary/aromatic N) is 1. The summed E-state index contributed by atoms with van der Waals surface area (Å²) in [5.74, 6) is 0.0123. The predicted octanol–water partition coefficient (Wildman–Crippen LogP) is 3.05. The monoisotopic (exact) mass is 215 g/mol. The number of nitriles is 1. The summed E-state index contributed by atoms with van der Waals surface area (Å²) in [6, 6.07) is 10.1. The molecule has 84 valence electrons. The molecule has 0 saturated carbocycles. The predicted molar refractivity (Wildman–Crippen MR) is 63.9 cm³/mol. The molecule has 16 heavy (non-hydrogen) atoms. The number of ketones is 1. The van der Waals surface area contributed by atoms with E-state index in [0.717, 1.165) is 6.42 Å². The van der Waals surface area contributed by atoms with Crippen molar-refractivity contribution < 1.29 is 4.79 Å². The van der Waals surface area contributed by atoms with Gasteiger partial charge in [0.1, 0.15) is 5.41 Å². The fourth-order valence-corrected chi connectivity index (χ4v) is 1.51. The zero-order chi connectivity index (χ0) is 12.2. The van der Waals surface area contributed by atoms with Crippen LogP contribution in [-0.2, 0) is 11.2 Å². The summed E-state index contributed by atoms with van der Waals surface area (Å²) in [5.41, 5.74) is 1.53. The van der Waals surface area contributed by atoms with Gasteiger partial charge in [-0.15, -0.1) is 0 Å². The van der Waals surface area contributed by atoms with Gasteiger partial charge in [0.15, 0.2) is 5.78 Å². The summed E-state index contributed by atoms with van der Waals surface area (Å²) in [5, 5.41) is 8.85. The Morgan fingerprint density at radius 3 is 2.56 bits per heavy atom. The molecule has 0 N–H and O–H groups in total. The first-order valence-electron chi connectivity index (χ1n) is 5.46. The number of carbonyl (C=O) groups excluding carboxylic acids is 1. The van der Waals surface area contributed by atoms with E-state index in [1.54, 1.807) is 13.8 Å². The van der Waals surface area contributed by atoms with Crippen LogP contribution in [0.25, 0.3) is 0 Å². The first-order valence-corrected chi connectivity index (χ1v) is 5.46. The summed E-state index contributed by atoms with van der Waals surface area (Å²) in [6.07, 6.45) is 1.15. The Morgan fingerprint density at radius 1 is 1.38 bits per heavy atom. The minimum absolute atomic E-state index is 0.0123. The van der Waals surface area contributed by atoms with Crippen LogP contribution in [0, 0.1) is 23.7 Å². The molecule has 0 fully saturated rings. The zero-order valence-electron chi connectivity index (χ0n) is 10.1. The molecule has 1 aromatic rings. The number of Topliss-reactive ketones (excluding diaryl/α,β-unsaturated/α-hetero) is 1. The molecule has 2 heteroatoms. The molecular weight excluding hydrogens is 198 g/mol. The fraction of sp³-hybridized carbons (Fsp3) is 0.429. The van der Waals surface area contributed by atoms with Gasteiger partial charge in [0.2, 0.25) is 0 Å². The highest BCUT2D eigenvalue weighted by molar-refractivity contribution is 5.86. The van der Waals surface area contributed by atoms with Crippen LogP contribution in [-0.4, -0.2) is 5.78 Å². The maximum Gasteiger partial charge on any atom is 0.152 e. The van der Waals surface area contributed by atoms with E-state index < -0.39 is 5.41 Å². The fourth-order valence-electron chi connectivity index (χ4n) is 1.51. The van der Waals surface area contributed by atoms with Crippen LogP contribution in [0.1, 0.15) is 31.4 Å². The highest BCUT2D eigenvalue weighted by Crippen LogP contribution is 2.19. The van der Waals surface area contributed by atoms with Crippen molar-refractivity contribution in [1.29, 1.82) is 5.26 Å². The molecule has 0 radical (unpaired) electrons. The number of carbonyl (C=O) groups is 1. The van der Waals surface area contributed by atoms with Gasteiger partial charge in [-0.3, -0.25) is 4.79 Å². The van der Waals surface area contributed by atoms with Gasteiger partial charge in [-0.1, -0.05) is 24.3 Å². The number of aryl methyl sites for hydroxylation is 2. The van der Waals surface area contributed by atoms with Gasteiger partial charge in [0, 0.05) is 6.42 Å². The molecular formula is C14H17NO. The maximum absolute atomic E-state index is 11.8. The summed E-state index contributed by atoms with van der Waals surface area (Å²) in [6.45, 7) is 5.38.